The van der Waals surface area contributed by atoms with Gasteiger partial charge in [0.2, 0.25) is 0 Å². The molecule has 0 unspecified atom stereocenters. The molecule has 108 valence electrons. The van der Waals surface area contributed by atoms with Crippen LogP contribution in [-0.4, -0.2) is 48.7 Å². The molecule has 1 N–H and O–H groups in total. The maximum atomic E-state index is 5.06. The molecule has 19 heavy (non-hydrogen) atoms. The molecule has 5 heteroatoms. The van der Waals surface area contributed by atoms with E-state index < -0.39 is 0 Å². The molecule has 1 aromatic rings. The predicted molar refractivity (Wildman–Crippen MR) is 78.4 cm³/mol. The molecule has 0 atom stereocenters. The Morgan fingerprint density at radius 2 is 2.16 bits per heavy atom. The first kappa shape index (κ1) is 15.9. The van der Waals surface area contributed by atoms with Gasteiger partial charge in [-0.15, -0.1) is 0 Å². The van der Waals surface area contributed by atoms with Crippen molar-refractivity contribution in [3.63, 3.8) is 0 Å². The Labute approximate surface area is 116 Å². The SMILES string of the molecule is CCCNc1cc(C)nc(CN(C)CCCOC)n1. The van der Waals surface area contributed by atoms with Crippen molar-refractivity contribution < 1.29 is 4.74 Å². The van der Waals surface area contributed by atoms with E-state index in [-0.39, 0.29) is 0 Å². The number of rotatable bonds is 9. The summed E-state index contributed by atoms with van der Waals surface area (Å²) < 4.78 is 5.06. The van der Waals surface area contributed by atoms with Gasteiger partial charge in [0.15, 0.2) is 0 Å². The van der Waals surface area contributed by atoms with Crippen LogP contribution in [0.15, 0.2) is 6.07 Å². The number of ether oxygens (including phenoxy) is 1. The van der Waals surface area contributed by atoms with Crippen LogP contribution in [-0.2, 0) is 11.3 Å². The Kier molecular flexibility index (Phi) is 7.36. The monoisotopic (exact) mass is 266 g/mol. The Morgan fingerprint density at radius 3 is 2.84 bits per heavy atom. The van der Waals surface area contributed by atoms with Crippen LogP contribution in [0.25, 0.3) is 0 Å². The Morgan fingerprint density at radius 1 is 1.37 bits per heavy atom. The first-order chi connectivity index (χ1) is 9.15. The summed E-state index contributed by atoms with van der Waals surface area (Å²) in [5.74, 6) is 1.80. The van der Waals surface area contributed by atoms with Gasteiger partial charge in [0, 0.05) is 38.6 Å². The van der Waals surface area contributed by atoms with Crippen LogP contribution >= 0.6 is 0 Å². The van der Waals surface area contributed by atoms with Crippen molar-refractivity contribution in [3.05, 3.63) is 17.6 Å². The van der Waals surface area contributed by atoms with Gasteiger partial charge in [-0.2, -0.15) is 0 Å². The van der Waals surface area contributed by atoms with Crippen molar-refractivity contribution in [1.82, 2.24) is 14.9 Å². The minimum atomic E-state index is 0.770. The third-order valence-electron chi connectivity index (χ3n) is 2.76. The van der Waals surface area contributed by atoms with Crippen molar-refractivity contribution in [2.45, 2.75) is 33.2 Å². The third kappa shape index (κ3) is 6.50. The normalized spacial score (nSPS) is 11.0. The molecule has 1 aromatic heterocycles. The highest BCUT2D eigenvalue weighted by molar-refractivity contribution is 5.35. The van der Waals surface area contributed by atoms with E-state index in [0.29, 0.717) is 0 Å². The van der Waals surface area contributed by atoms with E-state index in [2.05, 4.69) is 34.2 Å². The fraction of sp³-hybridized carbons (Fsp3) is 0.714. The van der Waals surface area contributed by atoms with Gasteiger partial charge < -0.3 is 10.1 Å². The number of aryl methyl sites for hydroxylation is 1. The third-order valence-corrected chi connectivity index (χ3v) is 2.76. The van der Waals surface area contributed by atoms with Gasteiger partial charge in [0.05, 0.1) is 6.54 Å². The maximum Gasteiger partial charge on any atom is 0.144 e. The fourth-order valence-corrected chi connectivity index (χ4v) is 1.84. The Bertz CT molecular complexity index is 370. The predicted octanol–water partition coefficient (Wildman–Crippen LogP) is 2.08. The lowest BCUT2D eigenvalue weighted by atomic mass is 10.3. The second-order valence-electron chi connectivity index (χ2n) is 4.82. The van der Waals surface area contributed by atoms with Crippen LogP contribution in [0.1, 0.15) is 31.3 Å². The first-order valence-corrected chi connectivity index (χ1v) is 6.91. The number of nitrogens with zero attached hydrogens (tertiary/aromatic N) is 3. The van der Waals surface area contributed by atoms with E-state index in [9.17, 15) is 0 Å². The Hall–Kier alpha value is -1.20. The fourth-order valence-electron chi connectivity index (χ4n) is 1.84. The van der Waals surface area contributed by atoms with E-state index in [0.717, 1.165) is 56.4 Å². The molecule has 0 aliphatic rings. The lowest BCUT2D eigenvalue weighted by Crippen LogP contribution is -2.22. The smallest absolute Gasteiger partial charge is 0.144 e. The minimum Gasteiger partial charge on any atom is -0.385 e. The highest BCUT2D eigenvalue weighted by Gasteiger charge is 2.05. The zero-order valence-electron chi connectivity index (χ0n) is 12.6. The summed E-state index contributed by atoms with van der Waals surface area (Å²) in [5, 5.41) is 3.31. The molecule has 0 spiro atoms. The summed E-state index contributed by atoms with van der Waals surface area (Å²) in [7, 11) is 3.82. The molecule has 0 saturated carbocycles. The number of hydrogen-bond donors (Lipinski definition) is 1. The van der Waals surface area contributed by atoms with E-state index >= 15 is 0 Å². The number of hydrogen-bond acceptors (Lipinski definition) is 5. The summed E-state index contributed by atoms with van der Waals surface area (Å²) in [6.45, 7) is 7.65. The van der Waals surface area contributed by atoms with Gasteiger partial charge in [-0.3, -0.25) is 4.90 Å². The van der Waals surface area contributed by atoms with Gasteiger partial charge in [0.25, 0.3) is 0 Å². The quantitative estimate of drug-likeness (QED) is 0.693. The molecule has 0 amide bonds. The second kappa shape index (κ2) is 8.82. The standard InChI is InChI=1S/C14H26N4O/c1-5-7-15-13-10-12(2)16-14(17-13)11-18(3)8-6-9-19-4/h10H,5-9,11H2,1-4H3,(H,15,16,17). The molecule has 0 saturated heterocycles. The van der Waals surface area contributed by atoms with Crippen molar-refractivity contribution in [3.8, 4) is 0 Å². The molecule has 0 bridgehead atoms. The number of aromatic nitrogens is 2. The zero-order valence-corrected chi connectivity index (χ0v) is 12.6. The average molecular weight is 266 g/mol. The first-order valence-electron chi connectivity index (χ1n) is 6.91. The lowest BCUT2D eigenvalue weighted by molar-refractivity contribution is 0.177. The van der Waals surface area contributed by atoms with Crippen LogP contribution in [0.3, 0.4) is 0 Å². The summed E-state index contributed by atoms with van der Waals surface area (Å²) in [5.41, 5.74) is 1.01. The van der Waals surface area contributed by atoms with Crippen molar-refractivity contribution in [2.75, 3.05) is 39.2 Å². The highest BCUT2D eigenvalue weighted by atomic mass is 16.5. The number of nitrogens with one attached hydrogen (secondary N) is 1. The summed E-state index contributed by atoms with van der Waals surface area (Å²) in [6.07, 6.45) is 2.12. The van der Waals surface area contributed by atoms with Crippen LogP contribution in [0.2, 0.25) is 0 Å². The second-order valence-corrected chi connectivity index (χ2v) is 4.82. The van der Waals surface area contributed by atoms with Gasteiger partial charge in [-0.05, 0) is 26.8 Å². The number of anilines is 1. The molecule has 1 heterocycles. The van der Waals surface area contributed by atoms with Crippen molar-refractivity contribution >= 4 is 5.82 Å². The topological polar surface area (TPSA) is 50.3 Å². The lowest BCUT2D eigenvalue weighted by Gasteiger charge is -2.16. The Balaban J connectivity index is 2.54. The molecule has 0 aliphatic heterocycles. The van der Waals surface area contributed by atoms with Crippen LogP contribution in [0.5, 0.6) is 0 Å². The zero-order chi connectivity index (χ0) is 14.1. The molecule has 5 nitrogen and oxygen atoms in total. The van der Waals surface area contributed by atoms with Gasteiger partial charge >= 0.3 is 0 Å². The summed E-state index contributed by atoms with van der Waals surface area (Å²) in [4.78, 5) is 11.2. The molecular weight excluding hydrogens is 240 g/mol. The maximum absolute atomic E-state index is 5.06. The van der Waals surface area contributed by atoms with E-state index in [1.807, 2.05) is 13.0 Å². The van der Waals surface area contributed by atoms with Crippen LogP contribution < -0.4 is 5.32 Å². The molecule has 0 aromatic carbocycles. The summed E-state index contributed by atoms with van der Waals surface area (Å²) in [6, 6.07) is 1.99. The summed E-state index contributed by atoms with van der Waals surface area (Å²) >= 11 is 0. The van der Waals surface area contributed by atoms with E-state index in [1.54, 1.807) is 7.11 Å². The van der Waals surface area contributed by atoms with Crippen molar-refractivity contribution in [1.29, 1.82) is 0 Å². The van der Waals surface area contributed by atoms with Gasteiger partial charge in [-0.1, -0.05) is 6.92 Å². The largest absolute Gasteiger partial charge is 0.385 e. The van der Waals surface area contributed by atoms with Gasteiger partial charge in [-0.25, -0.2) is 9.97 Å². The minimum absolute atomic E-state index is 0.770. The average Bonchev–Trinajstić information content (AvgIpc) is 2.36. The van der Waals surface area contributed by atoms with E-state index in [1.165, 1.54) is 0 Å². The molecule has 0 radical (unpaired) electrons. The van der Waals surface area contributed by atoms with E-state index in [4.69, 9.17) is 4.74 Å². The van der Waals surface area contributed by atoms with Crippen molar-refractivity contribution in [2.24, 2.45) is 0 Å². The molecule has 0 fully saturated rings. The van der Waals surface area contributed by atoms with Crippen LogP contribution in [0, 0.1) is 6.92 Å². The number of methoxy groups -OCH3 is 1. The van der Waals surface area contributed by atoms with Gasteiger partial charge in [0.1, 0.15) is 11.6 Å². The highest BCUT2D eigenvalue weighted by Crippen LogP contribution is 2.08. The molecular formula is C14H26N4O. The molecule has 1 rings (SSSR count). The van der Waals surface area contributed by atoms with Crippen LogP contribution in [0.4, 0.5) is 5.82 Å². The molecule has 0 aliphatic carbocycles.